The summed E-state index contributed by atoms with van der Waals surface area (Å²) in [7, 11) is 0. The zero-order valence-electron chi connectivity index (χ0n) is 22.2. The molecule has 1 unspecified atom stereocenters. The smallest absolute Gasteiger partial charge is 0.423 e. The summed E-state index contributed by atoms with van der Waals surface area (Å²) in [5.41, 5.74) is 3.39. The van der Waals surface area contributed by atoms with Gasteiger partial charge in [0.1, 0.15) is 24.0 Å². The van der Waals surface area contributed by atoms with Crippen molar-refractivity contribution in [3.8, 4) is 5.75 Å². The van der Waals surface area contributed by atoms with E-state index in [1.54, 1.807) is 38.1 Å². The van der Waals surface area contributed by atoms with Crippen LogP contribution in [0.4, 0.5) is 24.5 Å². The zero-order chi connectivity index (χ0) is 29.0. The molecule has 2 aromatic rings. The van der Waals surface area contributed by atoms with E-state index in [4.69, 9.17) is 10.5 Å². The van der Waals surface area contributed by atoms with Crippen LogP contribution in [-0.4, -0.2) is 47.1 Å². The first-order valence-corrected chi connectivity index (χ1v) is 11.7. The average Bonchev–Trinajstić information content (AvgIpc) is 2.81. The molecule has 0 saturated carbocycles. The number of anilines is 1. The van der Waals surface area contributed by atoms with Gasteiger partial charge in [0, 0.05) is 57.6 Å². The Hall–Kier alpha value is -2.79. The second-order valence-electron chi connectivity index (χ2n) is 8.95. The number of nitro benzene ring substituents is 1. The largest absolute Gasteiger partial charge is 0.491 e. The molecule has 10 nitrogen and oxygen atoms in total. The van der Waals surface area contributed by atoms with E-state index in [2.05, 4.69) is 10.6 Å². The summed E-state index contributed by atoms with van der Waals surface area (Å²) in [6.45, 7) is 7.92. The molecule has 2 rings (SSSR count). The Kier molecular flexibility index (Phi) is 15.8. The standard InChI is InChI=1S/C14H22N2O3.C11H11F3N2O3.Cd/c1-10(2)16-8-12(17)9-19-13-5-3-11(4-6-13)7-14(15)18;1-6(2)10(17)15-7-3-4-9(16(18)19)8(5-7)11(12,13)14;/h3-6,10,12,16-17H,7-9H2,1-2H3,(H2,15,18);3-6H,1-2H3,(H,15,17);. The summed E-state index contributed by atoms with van der Waals surface area (Å²) >= 11 is 0. The molecule has 0 aliphatic heterocycles. The van der Waals surface area contributed by atoms with Gasteiger partial charge in [0.2, 0.25) is 11.8 Å². The molecule has 14 heteroatoms. The fourth-order valence-electron chi connectivity index (χ4n) is 2.81. The van der Waals surface area contributed by atoms with Crippen LogP contribution in [-0.2, 0) is 49.5 Å². The second-order valence-corrected chi connectivity index (χ2v) is 8.95. The number of aliphatic hydroxyl groups is 1. The first-order valence-electron chi connectivity index (χ1n) is 11.7. The summed E-state index contributed by atoms with van der Waals surface area (Å²) in [6, 6.07) is 9.78. The number of carbonyl (C=O) groups is 2. The number of amides is 2. The number of hydrogen-bond acceptors (Lipinski definition) is 7. The summed E-state index contributed by atoms with van der Waals surface area (Å²) in [5.74, 6) is -0.577. The minimum Gasteiger partial charge on any atom is -0.491 e. The van der Waals surface area contributed by atoms with Crippen LogP contribution in [0.15, 0.2) is 42.5 Å². The van der Waals surface area contributed by atoms with E-state index in [9.17, 15) is 38.0 Å². The monoisotopic (exact) mass is 656 g/mol. The number of rotatable bonds is 11. The molecular formula is C25H33CdF3N4O6. The third-order valence-electron chi connectivity index (χ3n) is 4.80. The topological polar surface area (TPSA) is 157 Å². The van der Waals surface area contributed by atoms with Crippen LogP contribution in [0.25, 0.3) is 0 Å². The fraction of sp³-hybridized carbons (Fsp3) is 0.440. The zero-order valence-corrected chi connectivity index (χ0v) is 26.3. The van der Waals surface area contributed by atoms with Crippen molar-refractivity contribution in [3.63, 3.8) is 0 Å². The molecule has 2 aromatic carbocycles. The molecule has 0 fully saturated rings. The normalized spacial score (nSPS) is 11.6. The Morgan fingerprint density at radius 2 is 1.69 bits per heavy atom. The van der Waals surface area contributed by atoms with Gasteiger partial charge < -0.3 is 26.2 Å². The van der Waals surface area contributed by atoms with Gasteiger partial charge in [-0.25, -0.2) is 0 Å². The molecule has 0 saturated heterocycles. The molecule has 39 heavy (non-hydrogen) atoms. The molecule has 0 bridgehead atoms. The number of aliphatic hydroxyl groups excluding tert-OH is 1. The van der Waals surface area contributed by atoms with Crippen molar-refractivity contribution >= 4 is 23.2 Å². The van der Waals surface area contributed by atoms with E-state index in [0.717, 1.165) is 17.7 Å². The van der Waals surface area contributed by atoms with Crippen LogP contribution in [0.2, 0.25) is 0 Å². The number of benzene rings is 2. The molecule has 0 aromatic heterocycles. The second kappa shape index (κ2) is 17.0. The van der Waals surface area contributed by atoms with Crippen molar-refractivity contribution in [3.05, 3.63) is 63.7 Å². The number of halogens is 3. The van der Waals surface area contributed by atoms with Gasteiger partial charge >= 0.3 is 6.18 Å². The number of ether oxygens (including phenoxy) is 1. The molecule has 1 atom stereocenters. The SMILES string of the molecule is CC(C)C(=O)Nc1ccc([N+](=O)[O-])c(C(F)(F)F)c1.CC(C)NCC(O)COc1ccc(CC(N)=O)cc1.[Cd]. The van der Waals surface area contributed by atoms with Crippen molar-refractivity contribution in [2.45, 2.75) is 52.4 Å². The van der Waals surface area contributed by atoms with E-state index < -0.39 is 40.3 Å². The molecule has 5 N–H and O–H groups in total. The molecular weight excluding hydrogens is 622 g/mol. The van der Waals surface area contributed by atoms with E-state index in [1.165, 1.54) is 0 Å². The van der Waals surface area contributed by atoms with E-state index in [0.29, 0.717) is 24.4 Å². The van der Waals surface area contributed by atoms with Crippen LogP contribution >= 0.6 is 0 Å². The number of alkyl halides is 3. The number of hydrogen-bond donors (Lipinski definition) is 4. The van der Waals surface area contributed by atoms with Crippen molar-refractivity contribution in [2.75, 3.05) is 18.5 Å². The first kappa shape index (κ1) is 36.2. The Morgan fingerprint density at radius 1 is 1.10 bits per heavy atom. The third-order valence-corrected chi connectivity index (χ3v) is 4.80. The summed E-state index contributed by atoms with van der Waals surface area (Å²) in [5, 5.41) is 25.6. The summed E-state index contributed by atoms with van der Waals surface area (Å²) in [6.07, 6.45) is -5.19. The Morgan fingerprint density at radius 3 is 2.15 bits per heavy atom. The van der Waals surface area contributed by atoms with Crippen molar-refractivity contribution in [2.24, 2.45) is 11.7 Å². The van der Waals surface area contributed by atoms with E-state index in [1.807, 2.05) is 13.8 Å². The molecule has 0 spiro atoms. The number of primary amides is 1. The predicted molar refractivity (Wildman–Crippen MR) is 136 cm³/mol. The van der Waals surface area contributed by atoms with Gasteiger partial charge in [0.15, 0.2) is 0 Å². The number of nitro groups is 1. The van der Waals surface area contributed by atoms with Crippen LogP contribution < -0.4 is 21.1 Å². The minimum absolute atomic E-state index is 0. The van der Waals surface area contributed by atoms with Gasteiger partial charge in [-0.3, -0.25) is 19.7 Å². The predicted octanol–water partition coefficient (Wildman–Crippen LogP) is 3.66. The van der Waals surface area contributed by atoms with Crippen LogP contribution in [0, 0.1) is 16.0 Å². The van der Waals surface area contributed by atoms with Gasteiger partial charge in [-0.05, 0) is 29.8 Å². The number of nitrogens with two attached hydrogens (primary N) is 1. The maximum atomic E-state index is 12.7. The maximum absolute atomic E-state index is 12.7. The Labute approximate surface area is 244 Å². The van der Waals surface area contributed by atoms with Crippen LogP contribution in [0.1, 0.15) is 38.8 Å². The number of carbonyl (C=O) groups excluding carboxylic acids is 2. The van der Waals surface area contributed by atoms with Crippen molar-refractivity contribution in [1.82, 2.24) is 5.32 Å². The summed E-state index contributed by atoms with van der Waals surface area (Å²) < 4.78 is 43.5. The van der Waals surface area contributed by atoms with Crippen molar-refractivity contribution < 1.29 is 64.8 Å². The average molecular weight is 655 g/mol. The molecule has 0 radical (unpaired) electrons. The van der Waals surface area contributed by atoms with Crippen LogP contribution in [0.5, 0.6) is 5.75 Å². The van der Waals surface area contributed by atoms with Gasteiger partial charge in [0.05, 0.1) is 11.3 Å². The maximum Gasteiger partial charge on any atom is 0.423 e. The van der Waals surface area contributed by atoms with Gasteiger partial charge in [0.25, 0.3) is 5.69 Å². The number of nitrogens with one attached hydrogen (secondary N) is 2. The molecule has 0 aliphatic rings. The third kappa shape index (κ3) is 14.2. The minimum atomic E-state index is -4.86. The van der Waals surface area contributed by atoms with Gasteiger partial charge in [-0.2, -0.15) is 13.2 Å². The molecule has 2 amide bonds. The first-order chi connectivity index (χ1) is 17.6. The van der Waals surface area contributed by atoms with Crippen LogP contribution in [0.3, 0.4) is 0 Å². The summed E-state index contributed by atoms with van der Waals surface area (Å²) in [4.78, 5) is 31.5. The number of nitrogens with zero attached hydrogens (tertiary/aromatic N) is 1. The Bertz CT molecular complexity index is 1080. The molecule has 0 heterocycles. The van der Waals surface area contributed by atoms with E-state index in [-0.39, 0.29) is 51.9 Å². The molecule has 212 valence electrons. The van der Waals surface area contributed by atoms with Crippen molar-refractivity contribution in [1.29, 1.82) is 0 Å². The van der Waals surface area contributed by atoms with E-state index >= 15 is 0 Å². The van der Waals surface area contributed by atoms with Gasteiger partial charge in [-0.1, -0.05) is 39.8 Å². The quantitative estimate of drug-likeness (QED) is 0.164. The van der Waals surface area contributed by atoms with Gasteiger partial charge in [-0.15, -0.1) is 0 Å². The molecule has 0 aliphatic carbocycles. The fourth-order valence-corrected chi connectivity index (χ4v) is 2.81. The Balaban J connectivity index is 0.000000722.